The summed E-state index contributed by atoms with van der Waals surface area (Å²) in [7, 11) is 0. The third kappa shape index (κ3) is 2.20. The minimum absolute atomic E-state index is 0.194. The molecule has 1 heterocycles. The van der Waals surface area contributed by atoms with Crippen LogP contribution in [-0.2, 0) is 6.42 Å². The van der Waals surface area contributed by atoms with Gasteiger partial charge >= 0.3 is 0 Å². The Morgan fingerprint density at radius 3 is 3.06 bits per heavy atom. The Balaban J connectivity index is 1.78. The van der Waals surface area contributed by atoms with Gasteiger partial charge in [0, 0.05) is 0 Å². The van der Waals surface area contributed by atoms with Crippen molar-refractivity contribution in [3.8, 4) is 5.75 Å². The lowest BCUT2D eigenvalue weighted by molar-refractivity contribution is 0.288. The summed E-state index contributed by atoms with van der Waals surface area (Å²) in [6, 6.07) is 6.46. The first kappa shape index (κ1) is 10.5. The molecule has 1 nitrogen and oxygen atoms in total. The van der Waals surface area contributed by atoms with E-state index in [0.29, 0.717) is 0 Å². The largest absolute Gasteiger partial charge is 0.493 e. The van der Waals surface area contributed by atoms with Gasteiger partial charge in [-0.1, -0.05) is 25.0 Å². The fourth-order valence-corrected chi connectivity index (χ4v) is 2.75. The zero-order valence-corrected chi connectivity index (χ0v) is 10.2. The van der Waals surface area contributed by atoms with Crippen LogP contribution in [-0.4, -0.2) is 6.61 Å². The first-order valence-electron chi connectivity index (χ1n) is 6.22. The third-order valence-corrected chi connectivity index (χ3v) is 3.96. The Morgan fingerprint density at radius 2 is 2.25 bits per heavy atom. The van der Waals surface area contributed by atoms with Gasteiger partial charge in [-0.15, -0.1) is 11.6 Å². The number of fused-ring (bicyclic) bond motifs is 1. The number of hydrogen-bond donors (Lipinski definition) is 0. The average Bonchev–Trinajstić information content (AvgIpc) is 3.12. The highest BCUT2D eigenvalue weighted by Gasteiger charge is 2.25. The number of benzene rings is 1. The fourth-order valence-electron chi connectivity index (χ4n) is 2.36. The molecule has 1 saturated carbocycles. The van der Waals surface area contributed by atoms with Gasteiger partial charge in [0.15, 0.2) is 0 Å². The quantitative estimate of drug-likeness (QED) is 0.719. The lowest BCUT2D eigenvalue weighted by atomic mass is 10.00. The molecule has 0 radical (unpaired) electrons. The van der Waals surface area contributed by atoms with E-state index in [9.17, 15) is 0 Å². The van der Waals surface area contributed by atoms with Crippen LogP contribution in [0.15, 0.2) is 18.2 Å². The molecule has 1 aromatic carbocycles. The minimum atomic E-state index is 0.194. The zero-order chi connectivity index (χ0) is 11.0. The van der Waals surface area contributed by atoms with Crippen molar-refractivity contribution in [2.75, 3.05) is 6.61 Å². The standard InChI is InChI=1S/C14H17ClO/c15-13(8-10-3-4-10)11-5-6-14-12(9-11)2-1-7-16-14/h5-6,9-10,13H,1-4,7-8H2. The van der Waals surface area contributed by atoms with Gasteiger partial charge in [-0.05, 0) is 42.4 Å². The van der Waals surface area contributed by atoms with Gasteiger partial charge in [0.25, 0.3) is 0 Å². The van der Waals surface area contributed by atoms with E-state index in [-0.39, 0.29) is 5.38 Å². The van der Waals surface area contributed by atoms with Crippen molar-refractivity contribution in [1.29, 1.82) is 0 Å². The molecule has 86 valence electrons. The lowest BCUT2D eigenvalue weighted by Crippen LogP contribution is -2.08. The summed E-state index contributed by atoms with van der Waals surface area (Å²) in [5.74, 6) is 1.94. The van der Waals surface area contributed by atoms with Gasteiger partial charge in [0.1, 0.15) is 5.75 Å². The van der Waals surface area contributed by atoms with Crippen LogP contribution in [0.3, 0.4) is 0 Å². The van der Waals surface area contributed by atoms with Crippen LogP contribution >= 0.6 is 11.6 Å². The van der Waals surface area contributed by atoms with Crippen LogP contribution < -0.4 is 4.74 Å². The average molecular weight is 237 g/mol. The molecule has 1 unspecified atom stereocenters. The molecule has 1 atom stereocenters. The van der Waals surface area contributed by atoms with Crippen LogP contribution in [0.5, 0.6) is 5.75 Å². The van der Waals surface area contributed by atoms with Crippen LogP contribution in [0.25, 0.3) is 0 Å². The second kappa shape index (κ2) is 4.29. The highest BCUT2D eigenvalue weighted by atomic mass is 35.5. The lowest BCUT2D eigenvalue weighted by Gasteiger charge is -2.19. The highest BCUT2D eigenvalue weighted by molar-refractivity contribution is 6.20. The summed E-state index contributed by atoms with van der Waals surface area (Å²) in [4.78, 5) is 0. The highest BCUT2D eigenvalue weighted by Crippen LogP contribution is 2.41. The maximum Gasteiger partial charge on any atom is 0.122 e. The van der Waals surface area contributed by atoms with E-state index in [0.717, 1.165) is 37.5 Å². The van der Waals surface area contributed by atoms with Crippen LogP contribution in [0.4, 0.5) is 0 Å². The number of rotatable bonds is 3. The molecule has 1 aromatic rings. The first-order chi connectivity index (χ1) is 7.83. The van der Waals surface area contributed by atoms with Crippen molar-refractivity contribution < 1.29 is 4.74 Å². The Morgan fingerprint density at radius 1 is 1.38 bits per heavy atom. The van der Waals surface area contributed by atoms with E-state index in [1.165, 1.54) is 24.0 Å². The third-order valence-electron chi connectivity index (χ3n) is 3.53. The van der Waals surface area contributed by atoms with Crippen LogP contribution in [0.1, 0.15) is 42.2 Å². The predicted molar refractivity (Wildman–Crippen MR) is 66.2 cm³/mol. The molecule has 1 aliphatic carbocycles. The zero-order valence-electron chi connectivity index (χ0n) is 9.42. The van der Waals surface area contributed by atoms with E-state index in [1.807, 2.05) is 0 Å². The Hall–Kier alpha value is -0.690. The first-order valence-corrected chi connectivity index (χ1v) is 6.66. The van der Waals surface area contributed by atoms with E-state index >= 15 is 0 Å². The molecule has 16 heavy (non-hydrogen) atoms. The van der Waals surface area contributed by atoms with Gasteiger partial charge < -0.3 is 4.74 Å². The topological polar surface area (TPSA) is 9.23 Å². The molecule has 0 bridgehead atoms. The van der Waals surface area contributed by atoms with Gasteiger partial charge in [-0.25, -0.2) is 0 Å². The van der Waals surface area contributed by atoms with E-state index < -0.39 is 0 Å². The summed E-state index contributed by atoms with van der Waals surface area (Å²) < 4.78 is 5.61. The summed E-state index contributed by atoms with van der Waals surface area (Å²) in [5, 5.41) is 0.194. The number of aryl methyl sites for hydroxylation is 1. The molecule has 0 amide bonds. The number of alkyl halides is 1. The molecular formula is C14H17ClO. The monoisotopic (exact) mass is 236 g/mol. The smallest absolute Gasteiger partial charge is 0.122 e. The van der Waals surface area contributed by atoms with Gasteiger partial charge in [-0.2, -0.15) is 0 Å². The molecule has 0 N–H and O–H groups in total. The van der Waals surface area contributed by atoms with Crippen molar-refractivity contribution in [2.24, 2.45) is 5.92 Å². The maximum atomic E-state index is 6.44. The van der Waals surface area contributed by atoms with Crippen LogP contribution in [0, 0.1) is 5.92 Å². The SMILES string of the molecule is ClC(CC1CC1)c1ccc2c(c1)CCCO2. The molecule has 0 spiro atoms. The molecule has 1 aliphatic heterocycles. The normalized spacial score (nSPS) is 21.1. The minimum Gasteiger partial charge on any atom is -0.493 e. The molecule has 1 fully saturated rings. The summed E-state index contributed by atoms with van der Waals surface area (Å²) in [5.41, 5.74) is 2.61. The summed E-state index contributed by atoms with van der Waals surface area (Å²) in [6.45, 7) is 0.860. The molecule has 2 aliphatic rings. The summed E-state index contributed by atoms with van der Waals surface area (Å²) in [6.07, 6.45) is 6.15. The second-order valence-corrected chi connectivity index (χ2v) is 5.49. The van der Waals surface area contributed by atoms with Crippen molar-refractivity contribution in [1.82, 2.24) is 0 Å². The number of hydrogen-bond acceptors (Lipinski definition) is 1. The van der Waals surface area contributed by atoms with Crippen molar-refractivity contribution in [3.63, 3.8) is 0 Å². The Bertz CT molecular complexity index is 384. The van der Waals surface area contributed by atoms with Gasteiger partial charge in [0.05, 0.1) is 12.0 Å². The molecule has 3 rings (SSSR count). The molecule has 2 heteroatoms. The number of ether oxygens (including phenoxy) is 1. The van der Waals surface area contributed by atoms with Crippen LogP contribution in [0.2, 0.25) is 0 Å². The van der Waals surface area contributed by atoms with Crippen molar-refractivity contribution in [3.05, 3.63) is 29.3 Å². The molecule has 0 saturated heterocycles. The van der Waals surface area contributed by atoms with Crippen molar-refractivity contribution >= 4 is 11.6 Å². The second-order valence-electron chi connectivity index (χ2n) is 4.97. The van der Waals surface area contributed by atoms with E-state index in [4.69, 9.17) is 16.3 Å². The summed E-state index contributed by atoms with van der Waals surface area (Å²) >= 11 is 6.44. The van der Waals surface area contributed by atoms with E-state index in [1.54, 1.807) is 0 Å². The number of halogens is 1. The molecule has 0 aromatic heterocycles. The Kier molecular flexibility index (Phi) is 2.81. The van der Waals surface area contributed by atoms with E-state index in [2.05, 4.69) is 18.2 Å². The maximum absolute atomic E-state index is 6.44. The van der Waals surface area contributed by atoms with Gasteiger partial charge in [-0.3, -0.25) is 0 Å². The predicted octanol–water partition coefficient (Wildman–Crippen LogP) is 4.09. The Labute approximate surface area is 102 Å². The fraction of sp³-hybridized carbons (Fsp3) is 0.571. The molecular weight excluding hydrogens is 220 g/mol. The van der Waals surface area contributed by atoms with Gasteiger partial charge in [0.2, 0.25) is 0 Å². The van der Waals surface area contributed by atoms with Crippen molar-refractivity contribution in [2.45, 2.75) is 37.5 Å².